The second kappa shape index (κ2) is 2.88. The standard InChI is InChI=1S/C26H32O/c27-26-23-7-14-4-20-1-13-2-21(17(20)23)5-15(9-23)11-25(26)12-16-6-22(3-13,19(21)25)18(20)24(26,8-14)10-16/h13-19,27H,1-12H2. The van der Waals surface area contributed by atoms with E-state index in [0.717, 1.165) is 57.7 Å². The molecule has 0 atom stereocenters. The van der Waals surface area contributed by atoms with Gasteiger partial charge in [-0.25, -0.2) is 0 Å². The highest BCUT2D eigenvalue weighted by Crippen LogP contribution is 3.06. The highest BCUT2D eigenvalue weighted by molar-refractivity contribution is 5.51. The number of hydrogen-bond donors (Lipinski definition) is 1. The fourth-order valence-corrected chi connectivity index (χ4v) is 18.3. The molecule has 6 spiro atoms. The van der Waals surface area contributed by atoms with E-state index in [1.807, 2.05) is 0 Å². The first-order valence-electron chi connectivity index (χ1n) is 12.7. The van der Waals surface area contributed by atoms with E-state index in [1.165, 1.54) is 38.5 Å². The zero-order chi connectivity index (χ0) is 17.0. The lowest BCUT2D eigenvalue weighted by molar-refractivity contribution is -0.586. The van der Waals surface area contributed by atoms with Gasteiger partial charge >= 0.3 is 0 Å². The van der Waals surface area contributed by atoms with Crippen LogP contribution in [-0.2, 0) is 0 Å². The van der Waals surface area contributed by atoms with Gasteiger partial charge in [0.25, 0.3) is 0 Å². The lowest BCUT2D eigenvalue weighted by Crippen LogP contribution is -3.02. The Morgan fingerprint density at radius 2 is 0.667 bits per heavy atom. The molecule has 16 fully saturated rings. The predicted molar refractivity (Wildman–Crippen MR) is 99.4 cm³/mol. The van der Waals surface area contributed by atoms with Crippen molar-refractivity contribution in [1.29, 1.82) is 0 Å². The third kappa shape index (κ3) is 0.750. The van der Waals surface area contributed by atoms with Crippen LogP contribution in [0.2, 0.25) is 0 Å². The highest BCUT2D eigenvalue weighted by atomic mass is 16.3. The second-order valence-corrected chi connectivity index (χ2v) is 15.1. The Morgan fingerprint density at radius 3 is 0.963 bits per heavy atom. The Hall–Kier alpha value is -0.0400. The molecule has 0 aromatic heterocycles. The van der Waals surface area contributed by atoms with Crippen molar-refractivity contribution in [2.24, 2.45) is 73.9 Å². The maximum absolute atomic E-state index is 13.3. The SMILES string of the molecule is OC12C34CC5CC67CC8CC9(CC(C3)CC13CC1CC(C8)(C6C2(C5)C1)C93)C74. The van der Waals surface area contributed by atoms with Gasteiger partial charge < -0.3 is 5.11 Å². The third-order valence-electron chi connectivity index (χ3n) is 15.2. The minimum absolute atomic E-state index is 0.210. The summed E-state index contributed by atoms with van der Waals surface area (Å²) in [6.07, 6.45) is 18.6. The van der Waals surface area contributed by atoms with Crippen molar-refractivity contribution < 1.29 is 5.11 Å². The van der Waals surface area contributed by atoms with Crippen LogP contribution in [0.3, 0.4) is 0 Å². The van der Waals surface area contributed by atoms with Gasteiger partial charge in [-0.1, -0.05) is 0 Å². The fraction of sp³-hybridized carbons (Fsp3) is 1.00. The van der Waals surface area contributed by atoms with E-state index in [0.29, 0.717) is 16.2 Å². The van der Waals surface area contributed by atoms with E-state index in [1.54, 1.807) is 38.5 Å². The molecular weight excluding hydrogens is 328 g/mol. The fourth-order valence-electron chi connectivity index (χ4n) is 18.3. The summed E-state index contributed by atoms with van der Waals surface area (Å²) in [6.45, 7) is 0. The maximum Gasteiger partial charge on any atom is 0.0825 e. The minimum Gasteiger partial charge on any atom is -0.388 e. The molecule has 142 valence electrons. The summed E-state index contributed by atoms with van der Waals surface area (Å²) >= 11 is 0. The minimum atomic E-state index is -0.210. The molecule has 0 aromatic rings. The summed E-state index contributed by atoms with van der Waals surface area (Å²) < 4.78 is 0. The third-order valence-corrected chi connectivity index (χ3v) is 15.2. The summed E-state index contributed by atoms with van der Waals surface area (Å²) in [5.41, 5.74) is 3.17. The molecule has 0 aliphatic heterocycles. The van der Waals surface area contributed by atoms with Crippen molar-refractivity contribution in [2.45, 2.75) is 82.7 Å². The molecule has 1 N–H and O–H groups in total. The van der Waals surface area contributed by atoms with Gasteiger partial charge in [-0.15, -0.1) is 0 Å². The Kier molecular flexibility index (Phi) is 1.42. The van der Waals surface area contributed by atoms with Gasteiger partial charge in [0.15, 0.2) is 0 Å². The molecule has 1 heteroatoms. The zero-order valence-corrected chi connectivity index (χ0v) is 16.5. The molecule has 0 radical (unpaired) electrons. The monoisotopic (exact) mass is 360 g/mol. The Morgan fingerprint density at radius 1 is 0.407 bits per heavy atom. The van der Waals surface area contributed by atoms with Crippen LogP contribution in [0.25, 0.3) is 0 Å². The lowest BCUT2D eigenvalue weighted by atomic mass is 9.00. The number of rotatable bonds is 0. The lowest BCUT2D eigenvalue weighted by Gasteiger charge is -3.04. The van der Waals surface area contributed by atoms with Gasteiger partial charge in [0, 0.05) is 16.2 Å². The zero-order valence-electron chi connectivity index (χ0n) is 16.5. The molecule has 14 bridgehead atoms. The van der Waals surface area contributed by atoms with Gasteiger partial charge in [0.1, 0.15) is 0 Å². The molecule has 16 aliphatic rings. The summed E-state index contributed by atoms with van der Waals surface area (Å²) in [7, 11) is 0. The highest BCUT2D eigenvalue weighted by Gasteiger charge is 3.03. The largest absolute Gasteiger partial charge is 0.388 e. The van der Waals surface area contributed by atoms with Gasteiger partial charge in [-0.3, -0.25) is 0 Å². The van der Waals surface area contributed by atoms with Crippen LogP contribution >= 0.6 is 0 Å². The average molecular weight is 361 g/mol. The topological polar surface area (TPSA) is 20.2 Å². The van der Waals surface area contributed by atoms with Gasteiger partial charge in [0.2, 0.25) is 0 Å². The smallest absolute Gasteiger partial charge is 0.0825 e. The van der Waals surface area contributed by atoms with E-state index in [9.17, 15) is 5.11 Å². The van der Waals surface area contributed by atoms with E-state index >= 15 is 0 Å². The van der Waals surface area contributed by atoms with Crippen LogP contribution < -0.4 is 0 Å². The molecule has 16 aliphatic carbocycles. The second-order valence-electron chi connectivity index (χ2n) is 15.1. The van der Waals surface area contributed by atoms with E-state index < -0.39 is 0 Å². The predicted octanol–water partition coefficient (Wildman–Crippen LogP) is 4.78. The molecular formula is C26H32O. The van der Waals surface area contributed by atoms with Crippen molar-refractivity contribution in [3.63, 3.8) is 0 Å². The van der Waals surface area contributed by atoms with Crippen LogP contribution in [0.5, 0.6) is 0 Å². The first kappa shape index (κ1) is 13.3. The Balaban J connectivity index is 1.43. The first-order valence-corrected chi connectivity index (χ1v) is 12.7. The van der Waals surface area contributed by atoms with Crippen molar-refractivity contribution in [3.8, 4) is 0 Å². The van der Waals surface area contributed by atoms with Gasteiger partial charge in [-0.2, -0.15) is 0 Å². The molecule has 0 amide bonds. The summed E-state index contributed by atoms with van der Waals surface area (Å²) in [5.74, 6) is 7.04. The van der Waals surface area contributed by atoms with E-state index in [-0.39, 0.29) is 5.60 Å². The Bertz CT molecular complexity index is 768. The molecule has 0 unspecified atom stereocenters. The molecule has 0 heterocycles. The molecule has 27 heavy (non-hydrogen) atoms. The summed E-state index contributed by atoms with van der Waals surface area (Å²) in [6, 6.07) is 0. The van der Waals surface area contributed by atoms with Crippen LogP contribution in [0.4, 0.5) is 0 Å². The van der Waals surface area contributed by atoms with E-state index in [2.05, 4.69) is 0 Å². The van der Waals surface area contributed by atoms with Crippen LogP contribution in [0.15, 0.2) is 0 Å². The normalized spacial score (nSPS) is 88.6. The number of hydrogen-bond acceptors (Lipinski definition) is 1. The van der Waals surface area contributed by atoms with Crippen LogP contribution in [-0.4, -0.2) is 10.7 Å². The molecule has 0 aromatic carbocycles. The summed E-state index contributed by atoms with van der Waals surface area (Å²) in [4.78, 5) is 0. The van der Waals surface area contributed by atoms with Crippen molar-refractivity contribution in [2.75, 3.05) is 0 Å². The van der Waals surface area contributed by atoms with Crippen LogP contribution in [0.1, 0.15) is 77.0 Å². The first-order chi connectivity index (χ1) is 13.0. The average Bonchev–Trinajstić information content (AvgIpc) is 2.53. The quantitative estimate of drug-likeness (QED) is 0.659. The van der Waals surface area contributed by atoms with E-state index in [4.69, 9.17) is 0 Å². The maximum atomic E-state index is 13.3. The van der Waals surface area contributed by atoms with Crippen LogP contribution in [0, 0.1) is 73.9 Å². The van der Waals surface area contributed by atoms with Crippen molar-refractivity contribution >= 4 is 0 Å². The molecule has 1 nitrogen and oxygen atoms in total. The van der Waals surface area contributed by atoms with Gasteiger partial charge in [-0.05, 0) is 135 Å². The van der Waals surface area contributed by atoms with Crippen molar-refractivity contribution in [3.05, 3.63) is 0 Å². The summed E-state index contributed by atoms with van der Waals surface area (Å²) in [5, 5.41) is 13.3. The molecule has 0 saturated heterocycles. The van der Waals surface area contributed by atoms with Crippen molar-refractivity contribution in [1.82, 2.24) is 0 Å². The molecule has 16 saturated carbocycles. The number of aliphatic hydroxyl groups is 1. The molecule has 16 rings (SSSR count). The van der Waals surface area contributed by atoms with Gasteiger partial charge in [0.05, 0.1) is 5.60 Å². The Labute approximate surface area is 162 Å².